The minimum atomic E-state index is -1.61. The molecule has 9 heteroatoms. The van der Waals surface area contributed by atoms with E-state index in [1.54, 1.807) is 60.0 Å². The normalized spacial score (nSPS) is 20.4. The molecule has 1 spiro atoms. The SMILES string of the molecule is COc1cc(C2=NO[C@@]3(C(=O)Nc4ccccc43)[C@H]2C(=O)c2cccs2)ccc1OCC#N. The van der Waals surface area contributed by atoms with Gasteiger partial charge in [0.15, 0.2) is 23.9 Å². The predicted octanol–water partition coefficient (Wildman–Crippen LogP) is 3.74. The molecule has 3 aromatic rings. The molecule has 33 heavy (non-hydrogen) atoms. The number of hydrogen-bond acceptors (Lipinski definition) is 8. The number of carbonyl (C=O) groups is 2. The van der Waals surface area contributed by atoms with Crippen LogP contribution in [0.3, 0.4) is 0 Å². The molecule has 2 aromatic carbocycles. The predicted molar refractivity (Wildman–Crippen MR) is 121 cm³/mol. The number of nitriles is 1. The van der Waals surface area contributed by atoms with Gasteiger partial charge < -0.3 is 19.6 Å². The van der Waals surface area contributed by atoms with Gasteiger partial charge in [-0.3, -0.25) is 9.59 Å². The molecular weight excluding hydrogens is 442 g/mol. The van der Waals surface area contributed by atoms with Crippen molar-refractivity contribution >= 4 is 34.4 Å². The third kappa shape index (κ3) is 3.15. The number of thiophene rings is 1. The summed E-state index contributed by atoms with van der Waals surface area (Å²) in [4.78, 5) is 33.4. The molecular formula is C24H17N3O5S. The van der Waals surface area contributed by atoms with Gasteiger partial charge in [-0.05, 0) is 35.7 Å². The molecule has 2 aliphatic heterocycles. The van der Waals surface area contributed by atoms with E-state index in [1.807, 2.05) is 6.07 Å². The van der Waals surface area contributed by atoms with Crippen LogP contribution in [0.4, 0.5) is 5.69 Å². The first-order valence-corrected chi connectivity index (χ1v) is 10.9. The fraction of sp³-hybridized carbons (Fsp3) is 0.167. The molecule has 8 nitrogen and oxygen atoms in total. The maximum atomic E-state index is 13.7. The number of nitrogens with zero attached hydrogens (tertiary/aromatic N) is 2. The highest BCUT2D eigenvalue weighted by Crippen LogP contribution is 2.50. The summed E-state index contributed by atoms with van der Waals surface area (Å²) in [7, 11) is 1.47. The van der Waals surface area contributed by atoms with Crippen LogP contribution in [0.2, 0.25) is 0 Å². The van der Waals surface area contributed by atoms with E-state index in [9.17, 15) is 9.59 Å². The van der Waals surface area contributed by atoms with Crippen LogP contribution in [0, 0.1) is 17.2 Å². The molecule has 3 heterocycles. The van der Waals surface area contributed by atoms with Gasteiger partial charge in [0.2, 0.25) is 0 Å². The largest absolute Gasteiger partial charge is 0.493 e. The summed E-state index contributed by atoms with van der Waals surface area (Å²) >= 11 is 1.29. The van der Waals surface area contributed by atoms with Gasteiger partial charge >= 0.3 is 0 Å². The second-order valence-electron chi connectivity index (χ2n) is 7.39. The van der Waals surface area contributed by atoms with Crippen LogP contribution in [0.15, 0.2) is 65.1 Å². The number of oxime groups is 1. The van der Waals surface area contributed by atoms with Gasteiger partial charge in [0.25, 0.3) is 11.5 Å². The quantitative estimate of drug-likeness (QED) is 0.563. The van der Waals surface area contributed by atoms with Crippen molar-refractivity contribution in [1.29, 1.82) is 5.26 Å². The van der Waals surface area contributed by atoms with E-state index >= 15 is 0 Å². The van der Waals surface area contributed by atoms with Crippen LogP contribution in [0.1, 0.15) is 20.8 Å². The number of rotatable bonds is 6. The van der Waals surface area contributed by atoms with Gasteiger partial charge in [-0.2, -0.15) is 5.26 Å². The second-order valence-corrected chi connectivity index (χ2v) is 8.34. The molecule has 0 saturated carbocycles. The Labute approximate surface area is 193 Å². The van der Waals surface area contributed by atoms with Crippen molar-refractivity contribution in [2.45, 2.75) is 5.60 Å². The third-order valence-electron chi connectivity index (χ3n) is 5.66. The minimum Gasteiger partial charge on any atom is -0.493 e. The Morgan fingerprint density at radius 2 is 2.09 bits per heavy atom. The Balaban J connectivity index is 1.64. The number of anilines is 1. The molecule has 0 fully saturated rings. The Morgan fingerprint density at radius 3 is 2.85 bits per heavy atom. The molecule has 0 saturated heterocycles. The summed E-state index contributed by atoms with van der Waals surface area (Å²) in [6.45, 7) is -0.140. The molecule has 0 aliphatic carbocycles. The summed E-state index contributed by atoms with van der Waals surface area (Å²) in [6.07, 6.45) is 0. The van der Waals surface area contributed by atoms with Crippen molar-refractivity contribution in [3.8, 4) is 17.6 Å². The Hall–Kier alpha value is -4.16. The lowest BCUT2D eigenvalue weighted by molar-refractivity contribution is -0.140. The number of para-hydroxylation sites is 1. The number of Topliss-reactive ketones (excluding diaryl/α,β-unsaturated/α-hetero) is 1. The molecule has 2 aliphatic rings. The first-order valence-electron chi connectivity index (χ1n) is 10.0. The van der Waals surface area contributed by atoms with Gasteiger partial charge in [0, 0.05) is 16.8 Å². The van der Waals surface area contributed by atoms with E-state index in [1.165, 1.54) is 18.4 Å². The lowest BCUT2D eigenvalue weighted by atomic mass is 9.75. The van der Waals surface area contributed by atoms with Crippen LogP contribution in [0.5, 0.6) is 11.5 Å². The summed E-state index contributed by atoms with van der Waals surface area (Å²) in [5, 5.41) is 17.7. The summed E-state index contributed by atoms with van der Waals surface area (Å²) in [6, 6.07) is 17.5. The van der Waals surface area contributed by atoms with E-state index in [-0.39, 0.29) is 12.4 Å². The highest BCUT2D eigenvalue weighted by molar-refractivity contribution is 7.12. The Bertz CT molecular complexity index is 1330. The van der Waals surface area contributed by atoms with Gasteiger partial charge in [0.05, 0.1) is 12.0 Å². The number of methoxy groups -OCH3 is 1. The van der Waals surface area contributed by atoms with Gasteiger partial charge in [0.1, 0.15) is 17.7 Å². The maximum absolute atomic E-state index is 13.7. The van der Waals surface area contributed by atoms with E-state index in [2.05, 4.69) is 10.5 Å². The number of benzene rings is 2. The third-order valence-corrected chi connectivity index (χ3v) is 6.54. The lowest BCUT2D eigenvalue weighted by Gasteiger charge is -2.26. The number of nitrogens with one attached hydrogen (secondary N) is 1. The Kier molecular flexibility index (Phi) is 5.07. The van der Waals surface area contributed by atoms with E-state index < -0.39 is 17.4 Å². The highest BCUT2D eigenvalue weighted by Gasteiger charge is 2.63. The van der Waals surface area contributed by atoms with Crippen molar-refractivity contribution in [3.63, 3.8) is 0 Å². The molecule has 5 rings (SSSR count). The standard InChI is InChI=1S/C24H17N3O5S/c1-30-18-13-14(8-9-17(18)31-11-10-25)21-20(22(28)19-7-4-12-33-19)24(32-27-21)15-5-2-3-6-16(15)26-23(24)29/h2-9,12-13,20H,11H2,1H3,(H,26,29)/t20-,24-/m1/s1. The highest BCUT2D eigenvalue weighted by atomic mass is 32.1. The molecule has 1 aromatic heterocycles. The zero-order chi connectivity index (χ0) is 23.0. The monoisotopic (exact) mass is 459 g/mol. The zero-order valence-electron chi connectivity index (χ0n) is 17.4. The fourth-order valence-corrected chi connectivity index (χ4v) is 4.89. The van der Waals surface area contributed by atoms with Gasteiger partial charge in [-0.25, -0.2) is 0 Å². The van der Waals surface area contributed by atoms with Crippen molar-refractivity contribution in [2.75, 3.05) is 19.0 Å². The van der Waals surface area contributed by atoms with Crippen LogP contribution < -0.4 is 14.8 Å². The average molecular weight is 459 g/mol. The molecule has 0 radical (unpaired) electrons. The molecule has 1 amide bonds. The van der Waals surface area contributed by atoms with Crippen molar-refractivity contribution < 1.29 is 23.9 Å². The summed E-state index contributed by atoms with van der Waals surface area (Å²) < 4.78 is 10.8. The topological polar surface area (TPSA) is 110 Å². The van der Waals surface area contributed by atoms with Crippen LogP contribution >= 0.6 is 11.3 Å². The summed E-state index contributed by atoms with van der Waals surface area (Å²) in [5.41, 5.74) is 0.381. The van der Waals surface area contributed by atoms with Crippen LogP contribution in [-0.4, -0.2) is 31.1 Å². The zero-order valence-corrected chi connectivity index (χ0v) is 18.2. The Morgan fingerprint density at radius 1 is 1.24 bits per heavy atom. The van der Waals surface area contributed by atoms with E-state index in [0.717, 1.165) is 0 Å². The first-order chi connectivity index (χ1) is 16.1. The van der Waals surface area contributed by atoms with Crippen molar-refractivity contribution in [1.82, 2.24) is 0 Å². The summed E-state index contributed by atoms with van der Waals surface area (Å²) in [5.74, 6) is -0.988. The fourth-order valence-electron chi connectivity index (χ4n) is 4.20. The molecule has 0 bridgehead atoms. The maximum Gasteiger partial charge on any atom is 0.277 e. The molecule has 164 valence electrons. The van der Waals surface area contributed by atoms with Crippen LogP contribution in [0.25, 0.3) is 0 Å². The number of fused-ring (bicyclic) bond motifs is 2. The average Bonchev–Trinajstić information content (AvgIpc) is 3.57. The number of ether oxygens (including phenoxy) is 2. The van der Waals surface area contributed by atoms with Gasteiger partial charge in [-0.15, -0.1) is 11.3 Å². The smallest absolute Gasteiger partial charge is 0.277 e. The van der Waals surface area contributed by atoms with E-state index in [0.29, 0.717) is 38.9 Å². The first kappa shape index (κ1) is 20.7. The number of ketones is 1. The van der Waals surface area contributed by atoms with Crippen molar-refractivity contribution in [3.05, 3.63) is 76.0 Å². The number of amides is 1. The lowest BCUT2D eigenvalue weighted by Crippen LogP contribution is -2.46. The minimum absolute atomic E-state index is 0.140. The molecule has 1 N–H and O–H groups in total. The van der Waals surface area contributed by atoms with Crippen LogP contribution in [-0.2, 0) is 15.2 Å². The van der Waals surface area contributed by atoms with Crippen molar-refractivity contribution in [2.24, 2.45) is 11.1 Å². The second kappa shape index (κ2) is 8.07. The molecule has 2 atom stereocenters. The van der Waals surface area contributed by atoms with Gasteiger partial charge in [-0.1, -0.05) is 29.4 Å². The number of carbonyl (C=O) groups excluding carboxylic acids is 2. The van der Waals surface area contributed by atoms with E-state index in [4.69, 9.17) is 19.6 Å². The molecule has 0 unspecified atom stereocenters. The number of hydrogen-bond donors (Lipinski definition) is 1.